The molecule has 0 aliphatic rings. The molecule has 0 atom stereocenters. The van der Waals surface area contributed by atoms with E-state index in [-0.39, 0.29) is 0 Å². The molecule has 0 unspecified atom stereocenters. The first-order valence-corrected chi connectivity index (χ1v) is 5.93. The summed E-state index contributed by atoms with van der Waals surface area (Å²) in [4.78, 5) is 0. The van der Waals surface area contributed by atoms with Gasteiger partial charge in [0.2, 0.25) is 0 Å². The van der Waals surface area contributed by atoms with Crippen LogP contribution in [0.2, 0.25) is 5.02 Å². The molecule has 0 amide bonds. The Morgan fingerprint density at radius 2 is 1.62 bits per heavy atom. The van der Waals surface area contributed by atoms with E-state index in [4.69, 9.17) is 11.6 Å². The van der Waals surface area contributed by atoms with Gasteiger partial charge in [-0.25, -0.2) is 0 Å². The van der Waals surface area contributed by atoms with Crippen LogP contribution in [-0.2, 0) is 0 Å². The predicted octanol–water partition coefficient (Wildman–Crippen LogP) is 4.01. The molecule has 2 aromatic carbocycles. The van der Waals surface area contributed by atoms with Gasteiger partial charge >= 0.3 is 0 Å². The Labute approximate surface area is 102 Å². The Bertz CT molecular complexity index is 634. The monoisotopic (exact) mass is 246 g/mol. The van der Waals surface area contributed by atoms with Crippen molar-refractivity contribution in [3.63, 3.8) is 0 Å². The Morgan fingerprint density at radius 3 is 2.44 bits per heavy atom. The minimum absolute atomic E-state index is 0.656. The third kappa shape index (κ3) is 1.49. The second-order valence-corrected chi connectivity index (χ2v) is 4.36. The van der Waals surface area contributed by atoms with E-state index in [1.807, 2.05) is 30.3 Å². The van der Waals surface area contributed by atoms with Gasteiger partial charge in [0, 0.05) is 5.56 Å². The van der Waals surface area contributed by atoms with Crippen LogP contribution in [0.25, 0.3) is 22.2 Å². The fourth-order valence-corrected chi connectivity index (χ4v) is 2.51. The van der Waals surface area contributed by atoms with Gasteiger partial charge in [-0.3, -0.25) is 0 Å². The van der Waals surface area contributed by atoms with E-state index in [0.29, 0.717) is 5.02 Å². The molecule has 78 valence electrons. The lowest BCUT2D eigenvalue weighted by Crippen LogP contribution is -1.81. The molecule has 3 aromatic rings. The summed E-state index contributed by atoms with van der Waals surface area (Å²) in [6.45, 7) is 0. The number of nitrogens with zero attached hydrogens (tertiary/aromatic N) is 2. The van der Waals surface area contributed by atoms with Crippen molar-refractivity contribution in [1.29, 1.82) is 0 Å². The zero-order valence-corrected chi connectivity index (χ0v) is 9.79. The van der Waals surface area contributed by atoms with Gasteiger partial charge in [-0.1, -0.05) is 48.0 Å². The third-order valence-corrected chi connectivity index (χ3v) is 3.28. The molecule has 0 bridgehead atoms. The Kier molecular flexibility index (Phi) is 2.35. The van der Waals surface area contributed by atoms with Crippen molar-refractivity contribution in [2.24, 2.45) is 0 Å². The van der Waals surface area contributed by atoms with Gasteiger partial charge < -0.3 is 0 Å². The largest absolute Gasteiger partial charge is 0.172 e. The first kappa shape index (κ1) is 9.75. The maximum atomic E-state index is 6.06. The van der Waals surface area contributed by atoms with Crippen LogP contribution in [0.15, 0.2) is 42.5 Å². The van der Waals surface area contributed by atoms with Gasteiger partial charge in [0.1, 0.15) is 11.0 Å². The molecule has 0 fully saturated rings. The smallest absolute Gasteiger partial charge is 0.124 e. The van der Waals surface area contributed by atoms with Crippen LogP contribution in [0.5, 0.6) is 0 Å². The Balaban J connectivity index is 2.33. The molecule has 0 spiro atoms. The lowest BCUT2D eigenvalue weighted by molar-refractivity contribution is 1.60. The van der Waals surface area contributed by atoms with E-state index in [0.717, 1.165) is 22.2 Å². The Hall–Kier alpha value is -1.45. The summed E-state index contributed by atoms with van der Waals surface area (Å²) >= 11 is 7.25. The SMILES string of the molecule is Clc1ccc(-c2ccccc2)c2nsnc12. The van der Waals surface area contributed by atoms with Crippen LogP contribution in [0.3, 0.4) is 0 Å². The fourth-order valence-electron chi connectivity index (χ4n) is 1.69. The lowest BCUT2D eigenvalue weighted by Gasteiger charge is -2.02. The number of halogens is 1. The second-order valence-electron chi connectivity index (χ2n) is 3.42. The first-order valence-electron chi connectivity index (χ1n) is 4.82. The number of benzene rings is 2. The highest BCUT2D eigenvalue weighted by molar-refractivity contribution is 7.00. The van der Waals surface area contributed by atoms with E-state index < -0.39 is 0 Å². The number of aromatic nitrogens is 2. The van der Waals surface area contributed by atoms with Gasteiger partial charge in [0.05, 0.1) is 16.8 Å². The maximum Gasteiger partial charge on any atom is 0.124 e. The van der Waals surface area contributed by atoms with Crippen molar-refractivity contribution in [2.45, 2.75) is 0 Å². The summed E-state index contributed by atoms with van der Waals surface area (Å²) in [6.07, 6.45) is 0. The molecule has 0 aliphatic carbocycles. The highest BCUT2D eigenvalue weighted by Crippen LogP contribution is 2.31. The third-order valence-electron chi connectivity index (χ3n) is 2.45. The predicted molar refractivity (Wildman–Crippen MR) is 67.9 cm³/mol. The van der Waals surface area contributed by atoms with Crippen molar-refractivity contribution in [1.82, 2.24) is 8.75 Å². The molecule has 1 heterocycles. The average Bonchev–Trinajstić information content (AvgIpc) is 2.81. The van der Waals surface area contributed by atoms with Crippen molar-refractivity contribution in [2.75, 3.05) is 0 Å². The first-order chi connectivity index (χ1) is 7.86. The molecular weight excluding hydrogens is 240 g/mol. The van der Waals surface area contributed by atoms with E-state index in [9.17, 15) is 0 Å². The van der Waals surface area contributed by atoms with Crippen molar-refractivity contribution < 1.29 is 0 Å². The summed E-state index contributed by atoms with van der Waals surface area (Å²) in [7, 11) is 0. The van der Waals surface area contributed by atoms with E-state index >= 15 is 0 Å². The summed E-state index contributed by atoms with van der Waals surface area (Å²) in [5.41, 5.74) is 3.88. The summed E-state index contributed by atoms with van der Waals surface area (Å²) < 4.78 is 8.50. The molecule has 0 saturated heterocycles. The van der Waals surface area contributed by atoms with Crippen LogP contribution in [-0.4, -0.2) is 8.75 Å². The molecule has 4 heteroatoms. The fraction of sp³-hybridized carbons (Fsp3) is 0. The summed E-state index contributed by atoms with van der Waals surface area (Å²) in [5.74, 6) is 0. The molecule has 3 rings (SSSR count). The minimum atomic E-state index is 0.656. The van der Waals surface area contributed by atoms with E-state index in [1.165, 1.54) is 11.7 Å². The molecule has 0 saturated carbocycles. The zero-order chi connectivity index (χ0) is 11.0. The maximum absolute atomic E-state index is 6.06. The van der Waals surface area contributed by atoms with Crippen molar-refractivity contribution in [3.05, 3.63) is 47.5 Å². The summed E-state index contributed by atoms with van der Waals surface area (Å²) in [5, 5.41) is 0.656. The van der Waals surface area contributed by atoms with Crippen molar-refractivity contribution in [3.8, 4) is 11.1 Å². The van der Waals surface area contributed by atoms with Crippen LogP contribution in [0.1, 0.15) is 0 Å². The van der Waals surface area contributed by atoms with Gasteiger partial charge in [-0.05, 0) is 11.6 Å². The summed E-state index contributed by atoms with van der Waals surface area (Å²) in [6, 6.07) is 14.0. The number of hydrogen-bond acceptors (Lipinski definition) is 3. The van der Waals surface area contributed by atoms with Crippen LogP contribution in [0.4, 0.5) is 0 Å². The minimum Gasteiger partial charge on any atom is -0.172 e. The molecule has 0 radical (unpaired) electrons. The quantitative estimate of drug-likeness (QED) is 0.648. The topological polar surface area (TPSA) is 25.8 Å². The number of rotatable bonds is 1. The molecule has 2 nitrogen and oxygen atoms in total. The van der Waals surface area contributed by atoms with Gasteiger partial charge in [0.25, 0.3) is 0 Å². The zero-order valence-electron chi connectivity index (χ0n) is 8.22. The van der Waals surface area contributed by atoms with Crippen LogP contribution < -0.4 is 0 Å². The van der Waals surface area contributed by atoms with Crippen molar-refractivity contribution >= 4 is 34.4 Å². The lowest BCUT2D eigenvalue weighted by atomic mass is 10.0. The average molecular weight is 247 g/mol. The van der Waals surface area contributed by atoms with Crippen LogP contribution >= 0.6 is 23.3 Å². The molecule has 16 heavy (non-hydrogen) atoms. The molecule has 1 aromatic heterocycles. The normalized spacial score (nSPS) is 10.8. The highest BCUT2D eigenvalue weighted by Gasteiger charge is 2.09. The molecule has 0 aliphatic heterocycles. The van der Waals surface area contributed by atoms with Gasteiger partial charge in [-0.15, -0.1) is 0 Å². The molecule has 0 N–H and O–H groups in total. The van der Waals surface area contributed by atoms with Crippen LogP contribution in [0, 0.1) is 0 Å². The van der Waals surface area contributed by atoms with Gasteiger partial charge in [0.15, 0.2) is 0 Å². The standard InChI is InChI=1S/C12H7ClN2S/c13-10-7-6-9(8-4-2-1-3-5-8)11-12(10)15-16-14-11/h1-7H. The van der Waals surface area contributed by atoms with Gasteiger partial charge in [-0.2, -0.15) is 8.75 Å². The highest BCUT2D eigenvalue weighted by atomic mass is 35.5. The van der Waals surface area contributed by atoms with E-state index in [1.54, 1.807) is 0 Å². The number of fused-ring (bicyclic) bond motifs is 1. The second kappa shape index (κ2) is 3.85. The molecular formula is C12H7ClN2S. The Morgan fingerprint density at radius 1 is 0.875 bits per heavy atom. The van der Waals surface area contributed by atoms with E-state index in [2.05, 4.69) is 20.9 Å². The number of hydrogen-bond donors (Lipinski definition) is 0.